The zero-order valence-electron chi connectivity index (χ0n) is 11.2. The molecule has 1 fully saturated rings. The Morgan fingerprint density at radius 2 is 1.90 bits per heavy atom. The van der Waals surface area contributed by atoms with Crippen molar-refractivity contribution in [1.29, 1.82) is 0 Å². The van der Waals surface area contributed by atoms with Gasteiger partial charge in [-0.3, -0.25) is 0 Å². The SMILES string of the molecule is O=S(=O)(NCCC[NH+]1CCCC1)c1cccc(Cl)c1Cl. The van der Waals surface area contributed by atoms with Gasteiger partial charge in [-0.05, 0) is 12.1 Å². The fraction of sp³-hybridized carbons (Fsp3) is 0.538. The molecule has 1 aromatic carbocycles. The molecule has 2 rings (SSSR count). The minimum Gasteiger partial charge on any atom is -0.335 e. The van der Waals surface area contributed by atoms with E-state index in [4.69, 9.17) is 23.2 Å². The van der Waals surface area contributed by atoms with Crippen molar-refractivity contribution in [3.05, 3.63) is 28.2 Å². The van der Waals surface area contributed by atoms with Crippen molar-refractivity contribution in [2.45, 2.75) is 24.2 Å². The van der Waals surface area contributed by atoms with Gasteiger partial charge >= 0.3 is 0 Å². The summed E-state index contributed by atoms with van der Waals surface area (Å²) < 4.78 is 26.9. The van der Waals surface area contributed by atoms with Crippen LogP contribution in [-0.2, 0) is 10.0 Å². The van der Waals surface area contributed by atoms with Crippen LogP contribution in [0.15, 0.2) is 23.1 Å². The molecule has 1 heterocycles. The predicted molar refractivity (Wildman–Crippen MR) is 81.1 cm³/mol. The lowest BCUT2D eigenvalue weighted by Crippen LogP contribution is -3.10. The van der Waals surface area contributed by atoms with Gasteiger partial charge in [0.05, 0.1) is 29.7 Å². The molecule has 1 saturated heterocycles. The summed E-state index contributed by atoms with van der Waals surface area (Å²) in [7, 11) is -3.58. The van der Waals surface area contributed by atoms with Gasteiger partial charge in [0.25, 0.3) is 0 Å². The molecule has 0 radical (unpaired) electrons. The summed E-state index contributed by atoms with van der Waals surface area (Å²) >= 11 is 11.8. The number of likely N-dealkylation sites (tertiary alicyclic amines) is 1. The fourth-order valence-electron chi connectivity index (χ4n) is 2.44. The average Bonchev–Trinajstić information content (AvgIpc) is 2.91. The number of hydrogen-bond acceptors (Lipinski definition) is 2. The van der Waals surface area contributed by atoms with E-state index in [0.717, 1.165) is 13.0 Å². The standard InChI is InChI=1S/C13H18Cl2N2O2S/c14-11-5-3-6-12(13(11)15)20(18,19)16-7-4-10-17-8-1-2-9-17/h3,5-6,16H,1-2,4,7-10H2/p+1. The Kier molecular flexibility index (Phi) is 5.69. The Morgan fingerprint density at radius 3 is 2.60 bits per heavy atom. The van der Waals surface area contributed by atoms with Crippen LogP contribution in [0.2, 0.25) is 10.0 Å². The van der Waals surface area contributed by atoms with E-state index in [1.165, 1.54) is 32.0 Å². The third kappa shape index (κ3) is 4.09. The molecular weight excluding hydrogens is 319 g/mol. The van der Waals surface area contributed by atoms with Gasteiger partial charge in [-0.15, -0.1) is 0 Å². The largest absolute Gasteiger partial charge is 0.335 e. The van der Waals surface area contributed by atoms with E-state index < -0.39 is 10.0 Å². The molecule has 0 saturated carbocycles. The third-order valence-electron chi connectivity index (χ3n) is 3.52. The molecule has 0 amide bonds. The van der Waals surface area contributed by atoms with E-state index in [0.29, 0.717) is 6.54 Å². The van der Waals surface area contributed by atoms with Gasteiger partial charge in [-0.2, -0.15) is 0 Å². The summed E-state index contributed by atoms with van der Waals surface area (Å²) in [6.45, 7) is 3.83. The molecule has 1 aromatic rings. The van der Waals surface area contributed by atoms with Crippen LogP contribution in [0, 0.1) is 0 Å². The van der Waals surface area contributed by atoms with Crippen LogP contribution in [-0.4, -0.2) is 34.6 Å². The normalized spacial score (nSPS) is 16.7. The van der Waals surface area contributed by atoms with Crippen LogP contribution in [0.25, 0.3) is 0 Å². The van der Waals surface area contributed by atoms with Crippen LogP contribution in [0.5, 0.6) is 0 Å². The maximum absolute atomic E-state index is 12.1. The van der Waals surface area contributed by atoms with Crippen molar-refractivity contribution in [2.24, 2.45) is 0 Å². The van der Waals surface area contributed by atoms with Crippen LogP contribution >= 0.6 is 23.2 Å². The number of nitrogens with one attached hydrogen (secondary N) is 2. The summed E-state index contributed by atoms with van der Waals surface area (Å²) in [5, 5.41) is 0.322. The second-order valence-corrected chi connectivity index (χ2v) is 7.53. The van der Waals surface area contributed by atoms with Crippen molar-refractivity contribution in [2.75, 3.05) is 26.2 Å². The lowest BCUT2D eigenvalue weighted by Gasteiger charge is -2.12. The molecule has 0 bridgehead atoms. The predicted octanol–water partition coefficient (Wildman–Crippen LogP) is 1.34. The smallest absolute Gasteiger partial charge is 0.242 e. The van der Waals surface area contributed by atoms with E-state index >= 15 is 0 Å². The Bertz CT molecular complexity index is 557. The Morgan fingerprint density at radius 1 is 1.20 bits per heavy atom. The maximum Gasteiger partial charge on any atom is 0.242 e. The van der Waals surface area contributed by atoms with Crippen molar-refractivity contribution in [1.82, 2.24) is 4.72 Å². The Labute approximate surface area is 130 Å². The number of benzene rings is 1. The van der Waals surface area contributed by atoms with Gasteiger partial charge in [0.1, 0.15) is 4.90 Å². The highest BCUT2D eigenvalue weighted by molar-refractivity contribution is 7.89. The minimum atomic E-state index is -3.58. The molecule has 0 unspecified atom stereocenters. The fourth-order valence-corrected chi connectivity index (χ4v) is 4.27. The summed E-state index contributed by atoms with van der Waals surface area (Å²) in [6, 6.07) is 4.61. The number of hydrogen-bond donors (Lipinski definition) is 2. The minimum absolute atomic E-state index is 0.0418. The molecule has 0 spiro atoms. The van der Waals surface area contributed by atoms with Gasteiger partial charge in [-0.25, -0.2) is 13.1 Å². The van der Waals surface area contributed by atoms with Gasteiger partial charge in [0.15, 0.2) is 0 Å². The quantitative estimate of drug-likeness (QED) is 0.769. The van der Waals surface area contributed by atoms with E-state index in [1.807, 2.05) is 0 Å². The molecule has 7 heteroatoms. The first kappa shape index (κ1) is 16.0. The number of halogens is 2. The van der Waals surface area contributed by atoms with Crippen molar-refractivity contribution in [3.63, 3.8) is 0 Å². The monoisotopic (exact) mass is 337 g/mol. The zero-order chi connectivity index (χ0) is 14.6. The molecule has 112 valence electrons. The van der Waals surface area contributed by atoms with E-state index in [9.17, 15) is 8.42 Å². The van der Waals surface area contributed by atoms with E-state index in [1.54, 1.807) is 17.0 Å². The van der Waals surface area contributed by atoms with Gasteiger partial charge < -0.3 is 4.90 Å². The highest BCUT2D eigenvalue weighted by atomic mass is 35.5. The first-order valence-corrected chi connectivity index (χ1v) is 9.02. The van der Waals surface area contributed by atoms with Crippen LogP contribution in [0.3, 0.4) is 0 Å². The Balaban J connectivity index is 1.88. The first-order chi connectivity index (χ1) is 9.50. The van der Waals surface area contributed by atoms with Gasteiger partial charge in [0.2, 0.25) is 10.0 Å². The van der Waals surface area contributed by atoms with Crippen LogP contribution in [0.4, 0.5) is 0 Å². The summed E-state index contributed by atoms with van der Waals surface area (Å²) in [6.07, 6.45) is 3.38. The average molecular weight is 338 g/mol. The van der Waals surface area contributed by atoms with Gasteiger partial charge in [0, 0.05) is 25.8 Å². The molecular formula is C13H19Cl2N2O2S+. The second-order valence-electron chi connectivity index (χ2n) is 5.01. The van der Waals surface area contributed by atoms with Crippen molar-refractivity contribution < 1.29 is 13.3 Å². The molecule has 0 aromatic heterocycles. The summed E-state index contributed by atoms with van der Waals surface area (Å²) in [5.74, 6) is 0. The molecule has 4 nitrogen and oxygen atoms in total. The number of quaternary nitrogens is 1. The molecule has 0 atom stereocenters. The van der Waals surface area contributed by atoms with Gasteiger partial charge in [-0.1, -0.05) is 29.3 Å². The van der Waals surface area contributed by atoms with E-state index in [-0.39, 0.29) is 14.9 Å². The Hall–Kier alpha value is -0.330. The van der Waals surface area contributed by atoms with Crippen LogP contribution in [0.1, 0.15) is 19.3 Å². The van der Waals surface area contributed by atoms with Crippen molar-refractivity contribution in [3.8, 4) is 0 Å². The molecule has 0 aliphatic carbocycles. The maximum atomic E-state index is 12.1. The second kappa shape index (κ2) is 7.09. The lowest BCUT2D eigenvalue weighted by molar-refractivity contribution is -0.887. The highest BCUT2D eigenvalue weighted by Gasteiger charge is 2.19. The lowest BCUT2D eigenvalue weighted by atomic mass is 10.4. The zero-order valence-corrected chi connectivity index (χ0v) is 13.5. The first-order valence-electron chi connectivity index (χ1n) is 6.78. The molecule has 20 heavy (non-hydrogen) atoms. The molecule has 1 aliphatic heterocycles. The molecule has 1 aliphatic rings. The summed E-state index contributed by atoms with van der Waals surface area (Å²) in [5.41, 5.74) is 0. The number of sulfonamides is 1. The third-order valence-corrected chi connectivity index (χ3v) is 5.95. The topological polar surface area (TPSA) is 50.6 Å². The van der Waals surface area contributed by atoms with Crippen LogP contribution < -0.4 is 9.62 Å². The summed E-state index contributed by atoms with van der Waals surface area (Å²) in [4.78, 5) is 1.60. The highest BCUT2D eigenvalue weighted by Crippen LogP contribution is 2.28. The van der Waals surface area contributed by atoms with Crippen molar-refractivity contribution >= 4 is 33.2 Å². The molecule has 2 N–H and O–H groups in total. The number of rotatable bonds is 6. The van der Waals surface area contributed by atoms with E-state index in [2.05, 4.69) is 4.72 Å².